The molecule has 21 heavy (non-hydrogen) atoms. The number of aromatic hydroxyl groups is 1. The third-order valence-electron chi connectivity index (χ3n) is 3.22. The average molecular weight is 280 g/mol. The predicted octanol–water partition coefficient (Wildman–Crippen LogP) is 2.89. The van der Waals surface area contributed by atoms with Crippen LogP contribution in [0.25, 0.3) is 5.69 Å². The Morgan fingerprint density at radius 3 is 2.86 bits per heavy atom. The lowest BCUT2D eigenvalue weighted by Gasteiger charge is -2.13. The number of benzene rings is 1. The lowest BCUT2D eigenvalue weighted by molar-refractivity contribution is 0.464. The van der Waals surface area contributed by atoms with Crippen LogP contribution in [0.1, 0.15) is 11.4 Å². The molecular formula is C16H16N4O. The molecule has 2 aromatic heterocycles. The Balaban J connectivity index is 1.84. The molecule has 2 N–H and O–H groups in total. The maximum atomic E-state index is 9.85. The van der Waals surface area contributed by atoms with Gasteiger partial charge in [0.25, 0.3) is 0 Å². The zero-order valence-corrected chi connectivity index (χ0v) is 11.7. The van der Waals surface area contributed by atoms with Crippen LogP contribution in [0.5, 0.6) is 5.75 Å². The fraction of sp³-hybridized carbons (Fsp3) is 0.125. The third kappa shape index (κ3) is 2.86. The molecule has 0 aliphatic carbocycles. The van der Waals surface area contributed by atoms with Crippen LogP contribution in [0, 0.1) is 6.92 Å². The van der Waals surface area contributed by atoms with Crippen LogP contribution in [0.3, 0.4) is 0 Å². The molecule has 5 heteroatoms. The Morgan fingerprint density at radius 2 is 2.05 bits per heavy atom. The Bertz CT molecular complexity index is 738. The zero-order valence-electron chi connectivity index (χ0n) is 11.7. The van der Waals surface area contributed by atoms with E-state index in [9.17, 15) is 5.11 Å². The topological polar surface area (TPSA) is 63.0 Å². The van der Waals surface area contributed by atoms with Crippen LogP contribution >= 0.6 is 0 Å². The molecule has 0 saturated carbocycles. The molecule has 0 saturated heterocycles. The Kier molecular flexibility index (Phi) is 3.55. The minimum atomic E-state index is 0.202. The van der Waals surface area contributed by atoms with Gasteiger partial charge in [-0.1, -0.05) is 12.1 Å². The molecular weight excluding hydrogens is 264 g/mol. The fourth-order valence-electron chi connectivity index (χ4n) is 2.16. The van der Waals surface area contributed by atoms with Crippen molar-refractivity contribution < 1.29 is 5.11 Å². The van der Waals surface area contributed by atoms with E-state index in [1.165, 1.54) is 0 Å². The van der Waals surface area contributed by atoms with Crippen molar-refractivity contribution in [3.8, 4) is 11.4 Å². The number of hydrogen-bond donors (Lipinski definition) is 2. The van der Waals surface area contributed by atoms with Gasteiger partial charge in [0.2, 0.25) is 0 Å². The summed E-state index contributed by atoms with van der Waals surface area (Å²) in [7, 11) is 0. The van der Waals surface area contributed by atoms with Crippen molar-refractivity contribution in [2.24, 2.45) is 0 Å². The third-order valence-corrected chi connectivity index (χ3v) is 3.22. The van der Waals surface area contributed by atoms with Gasteiger partial charge in [0.1, 0.15) is 11.4 Å². The second kappa shape index (κ2) is 5.66. The number of aromatic nitrogens is 3. The number of aryl methyl sites for hydroxylation is 1. The lowest BCUT2D eigenvalue weighted by Crippen LogP contribution is -2.05. The smallest absolute Gasteiger partial charge is 0.138 e. The van der Waals surface area contributed by atoms with Gasteiger partial charge in [-0.15, -0.1) is 0 Å². The number of para-hydroxylation sites is 2. The van der Waals surface area contributed by atoms with E-state index in [0.29, 0.717) is 12.2 Å². The summed E-state index contributed by atoms with van der Waals surface area (Å²) in [5.74, 6) is 0.202. The Labute approximate surface area is 122 Å². The summed E-state index contributed by atoms with van der Waals surface area (Å²) in [6, 6.07) is 11.4. The average Bonchev–Trinajstić information content (AvgIpc) is 3.03. The molecule has 3 aromatic rings. The first-order chi connectivity index (χ1) is 10.2. The summed E-state index contributed by atoms with van der Waals surface area (Å²) in [6.45, 7) is 2.36. The number of nitrogens with one attached hydrogen (secondary N) is 1. The molecule has 0 radical (unpaired) electrons. The first kappa shape index (κ1) is 13.2. The molecule has 0 unspecified atom stereocenters. The van der Waals surface area contributed by atoms with Gasteiger partial charge in [-0.2, -0.15) is 0 Å². The molecule has 1 aromatic carbocycles. The highest BCUT2D eigenvalue weighted by molar-refractivity contribution is 5.61. The summed E-state index contributed by atoms with van der Waals surface area (Å²) in [4.78, 5) is 8.42. The van der Waals surface area contributed by atoms with Gasteiger partial charge in [0.15, 0.2) is 0 Å². The van der Waals surface area contributed by atoms with Crippen molar-refractivity contribution in [1.82, 2.24) is 14.5 Å². The highest BCUT2D eigenvalue weighted by atomic mass is 16.3. The molecule has 2 heterocycles. The lowest BCUT2D eigenvalue weighted by atomic mass is 10.2. The second-order valence-electron chi connectivity index (χ2n) is 4.76. The number of pyridine rings is 1. The molecule has 3 rings (SSSR count). The van der Waals surface area contributed by atoms with Crippen LogP contribution in [0.4, 0.5) is 5.69 Å². The first-order valence-corrected chi connectivity index (χ1v) is 6.71. The number of nitrogens with zero attached hydrogens (tertiary/aromatic N) is 3. The van der Waals surface area contributed by atoms with Crippen molar-refractivity contribution in [2.45, 2.75) is 13.5 Å². The van der Waals surface area contributed by atoms with E-state index in [4.69, 9.17) is 0 Å². The molecule has 0 amide bonds. The zero-order chi connectivity index (χ0) is 14.7. The van der Waals surface area contributed by atoms with E-state index in [0.717, 1.165) is 17.1 Å². The first-order valence-electron chi connectivity index (χ1n) is 6.71. The van der Waals surface area contributed by atoms with Gasteiger partial charge in [0, 0.05) is 18.1 Å². The van der Waals surface area contributed by atoms with E-state index in [1.54, 1.807) is 24.7 Å². The predicted molar refractivity (Wildman–Crippen MR) is 81.5 cm³/mol. The number of hydrogen-bond acceptors (Lipinski definition) is 4. The van der Waals surface area contributed by atoms with Crippen molar-refractivity contribution in [2.75, 3.05) is 5.32 Å². The molecule has 0 spiro atoms. The van der Waals surface area contributed by atoms with Crippen LogP contribution in [0.2, 0.25) is 0 Å². The molecule has 5 nitrogen and oxygen atoms in total. The van der Waals surface area contributed by atoms with E-state index < -0.39 is 0 Å². The largest absolute Gasteiger partial charge is 0.506 e. The maximum Gasteiger partial charge on any atom is 0.138 e. The van der Waals surface area contributed by atoms with E-state index in [-0.39, 0.29) is 5.75 Å². The molecule has 0 aliphatic rings. The molecule has 0 bridgehead atoms. The monoisotopic (exact) mass is 280 g/mol. The Hall–Kier alpha value is -2.82. The van der Waals surface area contributed by atoms with E-state index in [1.807, 2.05) is 42.0 Å². The summed E-state index contributed by atoms with van der Waals surface area (Å²) >= 11 is 0. The fourth-order valence-corrected chi connectivity index (χ4v) is 2.16. The van der Waals surface area contributed by atoms with Gasteiger partial charge < -0.3 is 15.0 Å². The number of rotatable bonds is 4. The summed E-state index contributed by atoms with van der Waals surface area (Å²) in [6.07, 6.45) is 5.39. The van der Waals surface area contributed by atoms with Crippen LogP contribution in [-0.4, -0.2) is 19.6 Å². The molecule has 106 valence electrons. The van der Waals surface area contributed by atoms with Crippen molar-refractivity contribution in [1.29, 1.82) is 0 Å². The number of anilines is 1. The van der Waals surface area contributed by atoms with Crippen molar-refractivity contribution >= 4 is 5.69 Å². The molecule has 0 fully saturated rings. The van der Waals surface area contributed by atoms with Crippen LogP contribution in [0.15, 0.2) is 55.1 Å². The van der Waals surface area contributed by atoms with E-state index in [2.05, 4.69) is 15.3 Å². The van der Waals surface area contributed by atoms with Crippen molar-refractivity contribution in [3.63, 3.8) is 0 Å². The normalized spacial score (nSPS) is 10.5. The minimum Gasteiger partial charge on any atom is -0.506 e. The van der Waals surface area contributed by atoms with Crippen LogP contribution in [-0.2, 0) is 6.54 Å². The van der Waals surface area contributed by atoms with Crippen LogP contribution < -0.4 is 5.32 Å². The second-order valence-corrected chi connectivity index (χ2v) is 4.76. The highest BCUT2D eigenvalue weighted by Gasteiger charge is 2.06. The maximum absolute atomic E-state index is 9.85. The van der Waals surface area contributed by atoms with Gasteiger partial charge in [-0.05, 0) is 31.2 Å². The standard InChI is InChI=1S/C16H16N4O/c1-12-6-7-16(21)14(19-12)10-18-13-4-2-3-5-15(13)20-9-8-17-11-20/h2-9,11,18,21H,10H2,1H3. The summed E-state index contributed by atoms with van der Waals surface area (Å²) in [5, 5.41) is 13.2. The number of imidazole rings is 1. The SMILES string of the molecule is Cc1ccc(O)c(CNc2ccccc2-n2ccnc2)n1. The van der Waals surface area contributed by atoms with Gasteiger partial charge in [-0.3, -0.25) is 4.98 Å². The molecule has 0 aliphatic heterocycles. The summed E-state index contributed by atoms with van der Waals surface area (Å²) in [5.41, 5.74) is 3.48. The highest BCUT2D eigenvalue weighted by Crippen LogP contribution is 2.22. The van der Waals surface area contributed by atoms with Gasteiger partial charge >= 0.3 is 0 Å². The minimum absolute atomic E-state index is 0.202. The van der Waals surface area contributed by atoms with E-state index >= 15 is 0 Å². The quantitative estimate of drug-likeness (QED) is 0.771. The van der Waals surface area contributed by atoms with Gasteiger partial charge in [-0.25, -0.2) is 4.98 Å². The van der Waals surface area contributed by atoms with Crippen molar-refractivity contribution in [3.05, 3.63) is 66.5 Å². The van der Waals surface area contributed by atoms with Gasteiger partial charge in [0.05, 0.1) is 24.2 Å². The summed E-state index contributed by atoms with van der Waals surface area (Å²) < 4.78 is 1.94. The Morgan fingerprint density at radius 1 is 1.19 bits per heavy atom. The molecule has 0 atom stereocenters.